The SMILES string of the molecule is Cc1cc(Cl)nc2c1COCC2. The fourth-order valence-corrected chi connectivity index (χ4v) is 1.73. The molecule has 12 heavy (non-hydrogen) atoms. The Labute approximate surface area is 76.5 Å². The van der Waals surface area contributed by atoms with Crippen LogP contribution in [0, 0.1) is 6.92 Å². The summed E-state index contributed by atoms with van der Waals surface area (Å²) in [6.07, 6.45) is 0.886. The van der Waals surface area contributed by atoms with Crippen LogP contribution in [0.2, 0.25) is 5.15 Å². The van der Waals surface area contributed by atoms with Crippen molar-refractivity contribution in [1.29, 1.82) is 0 Å². The van der Waals surface area contributed by atoms with E-state index in [0.717, 1.165) is 18.7 Å². The molecule has 1 aromatic rings. The average Bonchev–Trinajstić information content (AvgIpc) is 2.04. The van der Waals surface area contributed by atoms with E-state index in [-0.39, 0.29) is 0 Å². The zero-order chi connectivity index (χ0) is 8.55. The van der Waals surface area contributed by atoms with Crippen LogP contribution in [0.1, 0.15) is 16.8 Å². The zero-order valence-corrected chi connectivity index (χ0v) is 7.69. The predicted molar refractivity (Wildman–Crippen MR) is 47.3 cm³/mol. The van der Waals surface area contributed by atoms with Gasteiger partial charge in [-0.3, -0.25) is 0 Å². The number of fused-ring (bicyclic) bond motifs is 1. The average molecular weight is 184 g/mol. The van der Waals surface area contributed by atoms with Crippen molar-refractivity contribution in [2.45, 2.75) is 20.0 Å². The highest BCUT2D eigenvalue weighted by Crippen LogP contribution is 2.21. The van der Waals surface area contributed by atoms with E-state index in [1.165, 1.54) is 11.1 Å². The van der Waals surface area contributed by atoms with Crippen LogP contribution in [-0.4, -0.2) is 11.6 Å². The quantitative estimate of drug-likeness (QED) is 0.575. The van der Waals surface area contributed by atoms with Crippen molar-refractivity contribution in [2.75, 3.05) is 6.61 Å². The predicted octanol–water partition coefficient (Wildman–Crippen LogP) is 2.12. The highest BCUT2D eigenvalue weighted by atomic mass is 35.5. The fourth-order valence-electron chi connectivity index (χ4n) is 1.47. The molecule has 2 rings (SSSR count). The maximum atomic E-state index is 5.83. The van der Waals surface area contributed by atoms with E-state index >= 15 is 0 Å². The van der Waals surface area contributed by atoms with E-state index in [0.29, 0.717) is 11.8 Å². The number of hydrogen-bond donors (Lipinski definition) is 0. The molecule has 0 aliphatic carbocycles. The molecule has 64 valence electrons. The van der Waals surface area contributed by atoms with Crippen molar-refractivity contribution < 1.29 is 4.74 Å². The second-order valence-electron chi connectivity index (χ2n) is 2.99. The molecule has 2 heterocycles. The molecule has 0 amide bonds. The lowest BCUT2D eigenvalue weighted by Gasteiger charge is -2.17. The van der Waals surface area contributed by atoms with Crippen LogP contribution in [0.15, 0.2) is 6.07 Å². The van der Waals surface area contributed by atoms with Gasteiger partial charge in [0.25, 0.3) is 0 Å². The zero-order valence-electron chi connectivity index (χ0n) is 6.93. The Hall–Kier alpha value is -0.600. The Kier molecular flexibility index (Phi) is 2.03. The van der Waals surface area contributed by atoms with Gasteiger partial charge in [-0.2, -0.15) is 0 Å². The molecule has 1 aliphatic rings. The van der Waals surface area contributed by atoms with Crippen molar-refractivity contribution in [3.8, 4) is 0 Å². The molecule has 0 unspecified atom stereocenters. The first-order chi connectivity index (χ1) is 5.77. The Morgan fingerprint density at radius 2 is 2.42 bits per heavy atom. The number of aromatic nitrogens is 1. The van der Waals surface area contributed by atoms with E-state index in [2.05, 4.69) is 4.98 Å². The van der Waals surface area contributed by atoms with Gasteiger partial charge in [0.05, 0.1) is 18.9 Å². The topological polar surface area (TPSA) is 22.1 Å². The van der Waals surface area contributed by atoms with E-state index in [1.54, 1.807) is 0 Å². The number of nitrogens with zero attached hydrogens (tertiary/aromatic N) is 1. The molecule has 3 heteroatoms. The molecule has 0 bridgehead atoms. The molecule has 0 aromatic carbocycles. The molecule has 1 aromatic heterocycles. The van der Waals surface area contributed by atoms with Crippen molar-refractivity contribution in [3.05, 3.63) is 28.0 Å². The number of rotatable bonds is 0. The lowest BCUT2D eigenvalue weighted by molar-refractivity contribution is 0.108. The van der Waals surface area contributed by atoms with Gasteiger partial charge in [-0.05, 0) is 18.6 Å². The van der Waals surface area contributed by atoms with Gasteiger partial charge in [0.1, 0.15) is 5.15 Å². The van der Waals surface area contributed by atoms with Crippen LogP contribution >= 0.6 is 11.6 Å². The van der Waals surface area contributed by atoms with Crippen LogP contribution in [-0.2, 0) is 17.8 Å². The molecular formula is C9H10ClNO. The molecule has 0 fully saturated rings. The van der Waals surface area contributed by atoms with Crippen molar-refractivity contribution >= 4 is 11.6 Å². The van der Waals surface area contributed by atoms with E-state index < -0.39 is 0 Å². The number of pyridine rings is 1. The summed E-state index contributed by atoms with van der Waals surface area (Å²) < 4.78 is 5.33. The van der Waals surface area contributed by atoms with Crippen LogP contribution in [0.4, 0.5) is 0 Å². The van der Waals surface area contributed by atoms with Crippen LogP contribution < -0.4 is 0 Å². The third-order valence-corrected chi connectivity index (χ3v) is 2.32. The minimum atomic E-state index is 0.591. The largest absolute Gasteiger partial charge is 0.376 e. The summed E-state index contributed by atoms with van der Waals surface area (Å²) in [5.41, 5.74) is 3.50. The Balaban J connectivity index is 2.53. The van der Waals surface area contributed by atoms with Crippen LogP contribution in [0.25, 0.3) is 0 Å². The van der Waals surface area contributed by atoms with Gasteiger partial charge in [-0.25, -0.2) is 4.98 Å². The standard InChI is InChI=1S/C9H10ClNO/c1-6-4-9(10)11-8-2-3-12-5-7(6)8/h4H,2-3,5H2,1H3. The number of halogens is 1. The minimum Gasteiger partial charge on any atom is -0.376 e. The van der Waals surface area contributed by atoms with E-state index in [4.69, 9.17) is 16.3 Å². The molecule has 0 N–H and O–H groups in total. The maximum absolute atomic E-state index is 5.83. The van der Waals surface area contributed by atoms with Gasteiger partial charge in [0.15, 0.2) is 0 Å². The monoisotopic (exact) mass is 183 g/mol. The lowest BCUT2D eigenvalue weighted by atomic mass is 10.1. The number of ether oxygens (including phenoxy) is 1. The fraction of sp³-hybridized carbons (Fsp3) is 0.444. The Morgan fingerprint density at radius 1 is 1.58 bits per heavy atom. The molecule has 0 atom stereocenters. The number of hydrogen-bond acceptors (Lipinski definition) is 2. The molecule has 2 nitrogen and oxygen atoms in total. The maximum Gasteiger partial charge on any atom is 0.129 e. The second kappa shape index (κ2) is 3.04. The van der Waals surface area contributed by atoms with E-state index in [1.807, 2.05) is 13.0 Å². The third-order valence-electron chi connectivity index (χ3n) is 2.13. The van der Waals surface area contributed by atoms with Crippen LogP contribution in [0.5, 0.6) is 0 Å². The molecule has 0 spiro atoms. The van der Waals surface area contributed by atoms with E-state index in [9.17, 15) is 0 Å². The number of aryl methyl sites for hydroxylation is 1. The smallest absolute Gasteiger partial charge is 0.129 e. The lowest BCUT2D eigenvalue weighted by Crippen LogP contribution is -2.13. The minimum absolute atomic E-state index is 0.591. The highest BCUT2D eigenvalue weighted by Gasteiger charge is 2.13. The van der Waals surface area contributed by atoms with Crippen LogP contribution in [0.3, 0.4) is 0 Å². The molecule has 0 radical (unpaired) electrons. The second-order valence-corrected chi connectivity index (χ2v) is 3.38. The third kappa shape index (κ3) is 1.32. The van der Waals surface area contributed by atoms with Gasteiger partial charge in [-0.1, -0.05) is 11.6 Å². The van der Waals surface area contributed by atoms with Gasteiger partial charge < -0.3 is 4.74 Å². The molecular weight excluding hydrogens is 174 g/mol. The first-order valence-electron chi connectivity index (χ1n) is 4.00. The first kappa shape index (κ1) is 8.02. The summed E-state index contributed by atoms with van der Waals surface area (Å²) in [7, 11) is 0. The van der Waals surface area contributed by atoms with Gasteiger partial charge in [0.2, 0.25) is 0 Å². The van der Waals surface area contributed by atoms with Gasteiger partial charge in [0, 0.05) is 12.0 Å². The summed E-state index contributed by atoms with van der Waals surface area (Å²) in [5.74, 6) is 0. The summed E-state index contributed by atoms with van der Waals surface area (Å²) in [6, 6.07) is 1.88. The van der Waals surface area contributed by atoms with Gasteiger partial charge in [-0.15, -0.1) is 0 Å². The van der Waals surface area contributed by atoms with Crippen molar-refractivity contribution in [1.82, 2.24) is 4.98 Å². The summed E-state index contributed by atoms with van der Waals surface area (Å²) >= 11 is 5.83. The molecule has 0 saturated carbocycles. The van der Waals surface area contributed by atoms with Gasteiger partial charge >= 0.3 is 0 Å². The first-order valence-corrected chi connectivity index (χ1v) is 4.38. The van der Waals surface area contributed by atoms with Crippen molar-refractivity contribution in [3.63, 3.8) is 0 Å². The normalized spacial score (nSPS) is 15.8. The summed E-state index contributed by atoms with van der Waals surface area (Å²) in [6.45, 7) is 3.49. The van der Waals surface area contributed by atoms with Crippen molar-refractivity contribution in [2.24, 2.45) is 0 Å². The molecule has 1 aliphatic heterocycles. The Morgan fingerprint density at radius 3 is 3.25 bits per heavy atom. The molecule has 0 saturated heterocycles. The summed E-state index contributed by atoms with van der Waals surface area (Å²) in [4.78, 5) is 4.26. The highest BCUT2D eigenvalue weighted by molar-refractivity contribution is 6.29. The summed E-state index contributed by atoms with van der Waals surface area (Å²) in [5, 5.41) is 0.591. The Bertz CT molecular complexity index is 312.